The molecule has 3 N–H and O–H groups in total. The van der Waals surface area contributed by atoms with Gasteiger partial charge in [0.05, 0.1) is 17.1 Å². The molecule has 2 saturated heterocycles. The number of hydrogen-bond acceptors (Lipinski definition) is 8. The molecular weight excluding hydrogens is 554 g/mol. The minimum absolute atomic E-state index is 0.00949. The summed E-state index contributed by atoms with van der Waals surface area (Å²) in [5, 5.41) is 15.7. The van der Waals surface area contributed by atoms with E-state index in [-0.39, 0.29) is 29.8 Å². The molecule has 3 aromatic carbocycles. The number of ether oxygens (including phenoxy) is 2. The number of hydrogen-bond donors (Lipinski definition) is 3. The summed E-state index contributed by atoms with van der Waals surface area (Å²) < 4.78 is 66.6. The molecule has 12 heteroatoms. The largest absolute Gasteiger partial charge is 0.489 e. The second kappa shape index (κ2) is 11.7. The zero-order valence-electron chi connectivity index (χ0n) is 22.3. The predicted molar refractivity (Wildman–Crippen MR) is 151 cm³/mol. The summed E-state index contributed by atoms with van der Waals surface area (Å²) in [6.45, 7) is 1.39. The number of rotatable bonds is 10. The molecule has 10 nitrogen and oxygen atoms in total. The maximum atomic E-state index is 13.3. The van der Waals surface area contributed by atoms with E-state index in [2.05, 4.69) is 10.0 Å². The number of aliphatic hydroxyl groups excluding tert-OH is 1. The molecule has 2 fully saturated rings. The van der Waals surface area contributed by atoms with Crippen molar-refractivity contribution in [1.29, 1.82) is 0 Å². The molecule has 0 saturated carbocycles. The Labute approximate surface area is 235 Å². The summed E-state index contributed by atoms with van der Waals surface area (Å²) in [6.07, 6.45) is 1.05. The normalized spacial score (nSPS) is 20.6. The van der Waals surface area contributed by atoms with Crippen molar-refractivity contribution in [1.82, 2.24) is 14.3 Å². The number of benzene rings is 3. The second-order valence-electron chi connectivity index (χ2n) is 10.3. The smallest absolute Gasteiger partial charge is 0.243 e. The Kier molecular flexibility index (Phi) is 8.48. The molecule has 2 aliphatic rings. The van der Waals surface area contributed by atoms with Gasteiger partial charge < -0.3 is 19.9 Å². The third-order valence-electron chi connectivity index (χ3n) is 7.68. The van der Waals surface area contributed by atoms with Gasteiger partial charge in [-0.25, -0.2) is 21.6 Å². The van der Waals surface area contributed by atoms with Crippen LogP contribution in [0.25, 0.3) is 10.8 Å². The van der Waals surface area contributed by atoms with Crippen molar-refractivity contribution in [2.45, 2.75) is 46.8 Å². The van der Waals surface area contributed by atoms with E-state index in [0.717, 1.165) is 10.8 Å². The van der Waals surface area contributed by atoms with E-state index < -0.39 is 31.8 Å². The lowest BCUT2D eigenvalue weighted by molar-refractivity contribution is -0.0312. The summed E-state index contributed by atoms with van der Waals surface area (Å²) in [5.41, 5.74) is -0.394. The number of piperidine rings is 1. The van der Waals surface area contributed by atoms with Crippen molar-refractivity contribution in [3.8, 4) is 5.75 Å². The topological polar surface area (TPSA) is 134 Å². The molecule has 2 aliphatic heterocycles. The quantitative estimate of drug-likeness (QED) is 0.327. The lowest BCUT2D eigenvalue weighted by atomic mass is 9.88. The Morgan fingerprint density at radius 2 is 1.73 bits per heavy atom. The fourth-order valence-corrected chi connectivity index (χ4v) is 7.73. The molecule has 40 heavy (non-hydrogen) atoms. The van der Waals surface area contributed by atoms with Gasteiger partial charge in [-0.05, 0) is 61.3 Å². The average molecular weight is 590 g/mol. The van der Waals surface area contributed by atoms with Crippen molar-refractivity contribution < 1.29 is 31.4 Å². The van der Waals surface area contributed by atoms with E-state index in [1.54, 1.807) is 34.6 Å². The minimum atomic E-state index is -3.69. The SMILES string of the molecule is CNS(=O)(=O)c1ccccc1OC[C@@H](O)CN[C@H]1COC2(CCN(S(=O)(=O)c3ccc4ccccc4c3)CC2)C1. The molecule has 0 unspecified atom stereocenters. The van der Waals surface area contributed by atoms with Gasteiger partial charge in [0, 0.05) is 25.7 Å². The fraction of sp³-hybridized carbons (Fsp3) is 0.429. The van der Waals surface area contributed by atoms with Crippen molar-refractivity contribution in [3.63, 3.8) is 0 Å². The third kappa shape index (κ3) is 6.18. The fourth-order valence-electron chi connectivity index (χ4n) is 5.38. The van der Waals surface area contributed by atoms with Gasteiger partial charge in [-0.2, -0.15) is 4.31 Å². The van der Waals surface area contributed by atoms with E-state index in [0.29, 0.717) is 43.9 Å². The standard InChI is InChI=1S/C28H35N3O7S2/c1-29-39(33,34)27-9-5-4-8-26(27)37-20-24(32)18-30-23-17-28(38-19-23)12-14-31(15-13-28)40(35,36)25-11-10-21-6-2-3-7-22(21)16-25/h2-11,16,23-24,29-30,32H,12-15,17-20H2,1H3/t23-,24+/m1/s1. The van der Waals surface area contributed by atoms with Crippen LogP contribution in [0, 0.1) is 0 Å². The first-order chi connectivity index (χ1) is 19.1. The van der Waals surface area contributed by atoms with Gasteiger partial charge in [0.15, 0.2) is 0 Å². The van der Waals surface area contributed by atoms with E-state index in [9.17, 15) is 21.9 Å². The Bertz CT molecular complexity index is 1550. The number of aliphatic hydroxyl groups is 1. The van der Waals surface area contributed by atoms with Crippen LogP contribution in [0.5, 0.6) is 5.75 Å². The molecule has 3 aromatic rings. The highest BCUT2D eigenvalue weighted by Gasteiger charge is 2.44. The molecule has 1 spiro atoms. The molecule has 0 radical (unpaired) electrons. The zero-order valence-corrected chi connectivity index (χ0v) is 24.0. The first-order valence-electron chi connectivity index (χ1n) is 13.3. The molecule has 2 heterocycles. The molecule has 2 atom stereocenters. The van der Waals surface area contributed by atoms with Crippen LogP contribution in [0.1, 0.15) is 19.3 Å². The van der Waals surface area contributed by atoms with Crippen LogP contribution in [0.4, 0.5) is 0 Å². The van der Waals surface area contributed by atoms with Gasteiger partial charge in [-0.15, -0.1) is 0 Å². The monoisotopic (exact) mass is 589 g/mol. The van der Waals surface area contributed by atoms with Gasteiger partial charge in [-0.1, -0.05) is 42.5 Å². The third-order valence-corrected chi connectivity index (χ3v) is 11.0. The minimum Gasteiger partial charge on any atom is -0.489 e. The summed E-state index contributed by atoms with van der Waals surface area (Å²) >= 11 is 0. The molecule has 216 valence electrons. The van der Waals surface area contributed by atoms with E-state index in [1.807, 2.05) is 30.3 Å². The Morgan fingerprint density at radius 3 is 2.48 bits per heavy atom. The van der Waals surface area contributed by atoms with Crippen molar-refractivity contribution in [2.75, 3.05) is 39.9 Å². The molecule has 5 rings (SSSR count). The Hall–Kier alpha value is -2.58. The number of para-hydroxylation sites is 1. The summed E-state index contributed by atoms with van der Waals surface area (Å²) in [7, 11) is -5.96. The average Bonchev–Trinajstić information content (AvgIpc) is 3.37. The molecule has 0 bridgehead atoms. The van der Waals surface area contributed by atoms with Gasteiger partial charge in [0.25, 0.3) is 0 Å². The van der Waals surface area contributed by atoms with Gasteiger partial charge in [-0.3, -0.25) is 0 Å². The first kappa shape index (κ1) is 28.9. The lowest BCUT2D eigenvalue weighted by Crippen LogP contribution is -2.47. The summed E-state index contributed by atoms with van der Waals surface area (Å²) in [4.78, 5) is 0.314. The van der Waals surface area contributed by atoms with Gasteiger partial charge in [0.1, 0.15) is 23.4 Å². The van der Waals surface area contributed by atoms with Crippen LogP contribution < -0.4 is 14.8 Å². The van der Waals surface area contributed by atoms with Crippen LogP contribution in [0.15, 0.2) is 76.5 Å². The molecule has 0 aliphatic carbocycles. The predicted octanol–water partition coefficient (Wildman–Crippen LogP) is 2.09. The van der Waals surface area contributed by atoms with Crippen LogP contribution >= 0.6 is 0 Å². The number of fused-ring (bicyclic) bond motifs is 1. The maximum absolute atomic E-state index is 13.3. The van der Waals surface area contributed by atoms with Crippen LogP contribution in [-0.4, -0.2) is 83.9 Å². The van der Waals surface area contributed by atoms with Gasteiger partial charge in [0.2, 0.25) is 20.0 Å². The number of sulfonamides is 2. The lowest BCUT2D eigenvalue weighted by Gasteiger charge is -2.38. The second-order valence-corrected chi connectivity index (χ2v) is 14.1. The highest BCUT2D eigenvalue weighted by molar-refractivity contribution is 7.89. The van der Waals surface area contributed by atoms with Crippen LogP contribution in [0.3, 0.4) is 0 Å². The number of nitrogens with zero attached hydrogens (tertiary/aromatic N) is 1. The summed E-state index contributed by atoms with van der Waals surface area (Å²) in [5.74, 6) is 0.171. The molecule has 0 amide bonds. The van der Waals surface area contributed by atoms with Crippen molar-refractivity contribution in [2.24, 2.45) is 0 Å². The van der Waals surface area contributed by atoms with Crippen LogP contribution in [-0.2, 0) is 24.8 Å². The highest BCUT2D eigenvalue weighted by atomic mass is 32.2. The molecule has 0 aromatic heterocycles. The Balaban J connectivity index is 1.11. The first-order valence-corrected chi connectivity index (χ1v) is 16.2. The highest BCUT2D eigenvalue weighted by Crippen LogP contribution is 2.37. The van der Waals surface area contributed by atoms with E-state index >= 15 is 0 Å². The van der Waals surface area contributed by atoms with Crippen molar-refractivity contribution in [3.05, 3.63) is 66.7 Å². The zero-order chi connectivity index (χ0) is 28.4. The van der Waals surface area contributed by atoms with E-state index in [4.69, 9.17) is 9.47 Å². The van der Waals surface area contributed by atoms with Gasteiger partial charge >= 0.3 is 0 Å². The summed E-state index contributed by atoms with van der Waals surface area (Å²) in [6, 6.07) is 19.2. The Morgan fingerprint density at radius 1 is 1.02 bits per heavy atom. The van der Waals surface area contributed by atoms with Crippen molar-refractivity contribution >= 4 is 30.8 Å². The maximum Gasteiger partial charge on any atom is 0.243 e. The van der Waals surface area contributed by atoms with Crippen LogP contribution in [0.2, 0.25) is 0 Å². The number of nitrogens with one attached hydrogen (secondary N) is 2. The molecular formula is C28H35N3O7S2. The van der Waals surface area contributed by atoms with E-state index in [1.165, 1.54) is 13.1 Å².